The normalized spacial score (nSPS) is 18.6. The fourth-order valence-corrected chi connectivity index (χ4v) is 2.90. The van der Waals surface area contributed by atoms with Crippen molar-refractivity contribution in [1.82, 2.24) is 15.2 Å². The highest BCUT2D eigenvalue weighted by molar-refractivity contribution is 5.78. The molecule has 2 heterocycles. The maximum Gasteiger partial charge on any atom is 0.224 e. The van der Waals surface area contributed by atoms with Gasteiger partial charge in [-0.05, 0) is 38.8 Å². The number of carbonyl (C=O) groups excluding carboxylic acids is 1. The Bertz CT molecular complexity index is 496. The van der Waals surface area contributed by atoms with E-state index in [-0.39, 0.29) is 18.4 Å². The van der Waals surface area contributed by atoms with Gasteiger partial charge in [0.15, 0.2) is 0 Å². The van der Waals surface area contributed by atoms with Gasteiger partial charge in [-0.25, -0.2) is 4.98 Å². The van der Waals surface area contributed by atoms with Gasteiger partial charge in [-0.15, -0.1) is 0 Å². The van der Waals surface area contributed by atoms with Crippen molar-refractivity contribution in [2.45, 2.75) is 32.7 Å². The predicted molar refractivity (Wildman–Crippen MR) is 88.1 cm³/mol. The number of nitrogens with one attached hydrogen (secondary N) is 1. The molecule has 6 heteroatoms. The van der Waals surface area contributed by atoms with Gasteiger partial charge in [-0.1, -0.05) is 6.07 Å². The average molecular weight is 321 g/mol. The first kappa shape index (κ1) is 17.7. The summed E-state index contributed by atoms with van der Waals surface area (Å²) < 4.78 is 5.58. The summed E-state index contributed by atoms with van der Waals surface area (Å²) in [4.78, 5) is 18.8. The molecule has 0 aliphatic carbocycles. The number of carbonyl (C=O) groups is 1. The van der Waals surface area contributed by atoms with E-state index >= 15 is 0 Å². The van der Waals surface area contributed by atoms with E-state index in [1.807, 2.05) is 19.1 Å². The third-order valence-electron chi connectivity index (χ3n) is 4.04. The lowest BCUT2D eigenvalue weighted by molar-refractivity contribution is -0.126. The fraction of sp³-hybridized carbons (Fsp3) is 0.647. The molecule has 1 aromatic rings. The van der Waals surface area contributed by atoms with Crippen LogP contribution in [0.25, 0.3) is 0 Å². The lowest BCUT2D eigenvalue weighted by Gasteiger charge is -2.32. The van der Waals surface area contributed by atoms with E-state index in [2.05, 4.69) is 15.2 Å². The SMILES string of the molecule is CCOc1ncccc1CN1CCCC(C(=O)NCCCO)C1. The Hall–Kier alpha value is -1.66. The highest BCUT2D eigenvalue weighted by Crippen LogP contribution is 2.22. The number of hydrogen-bond acceptors (Lipinski definition) is 5. The Morgan fingerprint density at radius 2 is 2.43 bits per heavy atom. The molecule has 1 amide bonds. The molecule has 0 aromatic carbocycles. The van der Waals surface area contributed by atoms with Crippen molar-refractivity contribution >= 4 is 5.91 Å². The summed E-state index contributed by atoms with van der Waals surface area (Å²) >= 11 is 0. The number of aliphatic hydroxyl groups is 1. The number of aromatic nitrogens is 1. The second kappa shape index (κ2) is 9.47. The van der Waals surface area contributed by atoms with Crippen molar-refractivity contribution in [3.63, 3.8) is 0 Å². The minimum Gasteiger partial charge on any atom is -0.478 e. The highest BCUT2D eigenvalue weighted by atomic mass is 16.5. The quantitative estimate of drug-likeness (QED) is 0.704. The van der Waals surface area contributed by atoms with Crippen molar-refractivity contribution in [2.75, 3.05) is 32.8 Å². The summed E-state index contributed by atoms with van der Waals surface area (Å²) in [5, 5.41) is 11.7. The lowest BCUT2D eigenvalue weighted by Crippen LogP contribution is -2.43. The molecule has 1 aliphatic rings. The van der Waals surface area contributed by atoms with Gasteiger partial charge in [0.25, 0.3) is 0 Å². The number of piperidine rings is 1. The van der Waals surface area contributed by atoms with Crippen molar-refractivity contribution in [3.8, 4) is 5.88 Å². The van der Waals surface area contributed by atoms with Crippen LogP contribution in [0.5, 0.6) is 5.88 Å². The largest absolute Gasteiger partial charge is 0.478 e. The third-order valence-corrected chi connectivity index (χ3v) is 4.04. The second-order valence-electron chi connectivity index (χ2n) is 5.84. The maximum atomic E-state index is 12.2. The Balaban J connectivity index is 1.90. The molecule has 1 unspecified atom stereocenters. The van der Waals surface area contributed by atoms with Crippen LogP contribution in [0, 0.1) is 5.92 Å². The van der Waals surface area contributed by atoms with E-state index < -0.39 is 0 Å². The molecule has 2 N–H and O–H groups in total. The smallest absolute Gasteiger partial charge is 0.224 e. The minimum atomic E-state index is 0.0228. The molecule has 0 saturated carbocycles. The molecule has 1 saturated heterocycles. The summed E-state index contributed by atoms with van der Waals surface area (Å²) in [6.45, 7) is 5.70. The zero-order valence-corrected chi connectivity index (χ0v) is 13.8. The summed E-state index contributed by atoms with van der Waals surface area (Å²) in [5.41, 5.74) is 1.07. The molecule has 1 aromatic heterocycles. The third kappa shape index (κ3) is 5.48. The Morgan fingerprint density at radius 1 is 1.57 bits per heavy atom. The van der Waals surface area contributed by atoms with Crippen LogP contribution in [-0.2, 0) is 11.3 Å². The van der Waals surface area contributed by atoms with Crippen LogP contribution in [-0.4, -0.2) is 53.7 Å². The molecule has 128 valence electrons. The van der Waals surface area contributed by atoms with Crippen molar-refractivity contribution < 1.29 is 14.6 Å². The average Bonchev–Trinajstić information content (AvgIpc) is 2.57. The summed E-state index contributed by atoms with van der Waals surface area (Å²) in [6.07, 6.45) is 4.28. The van der Waals surface area contributed by atoms with E-state index in [1.54, 1.807) is 6.20 Å². The van der Waals surface area contributed by atoms with Gasteiger partial charge in [0.05, 0.1) is 12.5 Å². The van der Waals surface area contributed by atoms with E-state index in [0.717, 1.165) is 38.0 Å². The Labute approximate surface area is 137 Å². The van der Waals surface area contributed by atoms with Gasteiger partial charge < -0.3 is 15.2 Å². The highest BCUT2D eigenvalue weighted by Gasteiger charge is 2.26. The van der Waals surface area contributed by atoms with Crippen LogP contribution in [0.2, 0.25) is 0 Å². The van der Waals surface area contributed by atoms with Gasteiger partial charge >= 0.3 is 0 Å². The number of rotatable bonds is 8. The van der Waals surface area contributed by atoms with Crippen LogP contribution < -0.4 is 10.1 Å². The van der Waals surface area contributed by atoms with Gasteiger partial charge in [0.1, 0.15) is 0 Å². The van der Waals surface area contributed by atoms with Crippen molar-refractivity contribution in [2.24, 2.45) is 5.92 Å². The number of likely N-dealkylation sites (tertiary alicyclic amines) is 1. The molecule has 0 radical (unpaired) electrons. The van der Waals surface area contributed by atoms with Crippen LogP contribution >= 0.6 is 0 Å². The first-order valence-corrected chi connectivity index (χ1v) is 8.42. The second-order valence-corrected chi connectivity index (χ2v) is 5.84. The molecule has 0 spiro atoms. The Kier molecular flexibility index (Phi) is 7.29. The first-order valence-electron chi connectivity index (χ1n) is 8.42. The molecule has 23 heavy (non-hydrogen) atoms. The zero-order valence-electron chi connectivity index (χ0n) is 13.8. The number of amides is 1. The maximum absolute atomic E-state index is 12.2. The van der Waals surface area contributed by atoms with Crippen LogP contribution in [0.4, 0.5) is 0 Å². The topological polar surface area (TPSA) is 74.7 Å². The van der Waals surface area contributed by atoms with Gasteiger partial charge in [-0.3, -0.25) is 9.69 Å². The predicted octanol–water partition coefficient (Wildman–Crippen LogP) is 1.19. The molecule has 1 aliphatic heterocycles. The van der Waals surface area contributed by atoms with E-state index in [0.29, 0.717) is 25.5 Å². The number of pyridine rings is 1. The Morgan fingerprint density at radius 3 is 3.22 bits per heavy atom. The van der Waals surface area contributed by atoms with E-state index in [9.17, 15) is 4.79 Å². The number of aliphatic hydroxyl groups excluding tert-OH is 1. The van der Waals surface area contributed by atoms with E-state index in [1.165, 1.54) is 0 Å². The van der Waals surface area contributed by atoms with Crippen LogP contribution in [0.15, 0.2) is 18.3 Å². The lowest BCUT2D eigenvalue weighted by atomic mass is 9.96. The molecular formula is C17H27N3O3. The zero-order chi connectivity index (χ0) is 16.5. The minimum absolute atomic E-state index is 0.0228. The molecule has 0 bridgehead atoms. The van der Waals surface area contributed by atoms with Crippen molar-refractivity contribution in [1.29, 1.82) is 0 Å². The van der Waals surface area contributed by atoms with Gasteiger partial charge in [0.2, 0.25) is 11.8 Å². The number of ether oxygens (including phenoxy) is 1. The van der Waals surface area contributed by atoms with Gasteiger partial charge in [0, 0.05) is 38.0 Å². The van der Waals surface area contributed by atoms with Crippen LogP contribution in [0.1, 0.15) is 31.7 Å². The number of hydrogen-bond donors (Lipinski definition) is 2. The standard InChI is InChI=1S/C17H27N3O3/c1-2-23-17-15(6-3-8-19-17)13-20-10-4-7-14(12-20)16(22)18-9-5-11-21/h3,6,8,14,21H,2,4-5,7,9-13H2,1H3,(H,18,22). The fourth-order valence-electron chi connectivity index (χ4n) is 2.90. The van der Waals surface area contributed by atoms with Crippen LogP contribution in [0.3, 0.4) is 0 Å². The monoisotopic (exact) mass is 321 g/mol. The van der Waals surface area contributed by atoms with E-state index in [4.69, 9.17) is 9.84 Å². The molecule has 1 atom stereocenters. The number of nitrogens with zero attached hydrogens (tertiary/aromatic N) is 2. The summed E-state index contributed by atoms with van der Waals surface area (Å²) in [7, 11) is 0. The first-order chi connectivity index (χ1) is 11.2. The van der Waals surface area contributed by atoms with Crippen molar-refractivity contribution in [3.05, 3.63) is 23.9 Å². The molecule has 2 rings (SSSR count). The molecular weight excluding hydrogens is 294 g/mol. The molecule has 1 fully saturated rings. The van der Waals surface area contributed by atoms with Gasteiger partial charge in [-0.2, -0.15) is 0 Å². The molecule has 6 nitrogen and oxygen atoms in total. The summed E-state index contributed by atoms with van der Waals surface area (Å²) in [6, 6.07) is 3.95. The summed E-state index contributed by atoms with van der Waals surface area (Å²) in [5.74, 6) is 0.804.